The van der Waals surface area contributed by atoms with Crippen LogP contribution >= 0.6 is 0 Å². The number of carbonyl (C=O) groups excluding carboxylic acids is 1. The van der Waals surface area contributed by atoms with E-state index in [1.54, 1.807) is 0 Å². The first-order chi connectivity index (χ1) is 10.2. The highest BCUT2D eigenvalue weighted by Gasteiger charge is 2.32. The maximum atomic E-state index is 12.6. The van der Waals surface area contributed by atoms with Gasteiger partial charge in [0.15, 0.2) is 0 Å². The van der Waals surface area contributed by atoms with E-state index in [2.05, 4.69) is 0 Å². The van der Waals surface area contributed by atoms with Crippen molar-refractivity contribution in [1.82, 2.24) is 9.47 Å². The molecule has 1 amide bonds. The molecule has 1 saturated carbocycles. The minimum absolute atomic E-state index is 0.108. The molecule has 0 radical (unpaired) electrons. The van der Waals surface area contributed by atoms with E-state index in [0.717, 1.165) is 23.5 Å². The van der Waals surface area contributed by atoms with Crippen molar-refractivity contribution in [2.24, 2.45) is 5.92 Å². The third-order valence-corrected chi connectivity index (χ3v) is 3.67. The fraction of sp³-hybridized carbons (Fsp3) is 0.571. The van der Waals surface area contributed by atoms with E-state index in [4.69, 9.17) is 0 Å². The predicted octanol–water partition coefficient (Wildman–Crippen LogP) is 1.10. The van der Waals surface area contributed by atoms with Crippen molar-refractivity contribution in [1.29, 1.82) is 0 Å². The summed E-state index contributed by atoms with van der Waals surface area (Å²) in [7, 11) is 1.45. The minimum atomic E-state index is -4.58. The highest BCUT2D eigenvalue weighted by molar-refractivity contribution is 5.75. The van der Waals surface area contributed by atoms with Crippen LogP contribution in [0.2, 0.25) is 0 Å². The van der Waals surface area contributed by atoms with E-state index in [9.17, 15) is 27.9 Å². The normalized spacial score (nSPS) is 16.4. The minimum Gasteiger partial charge on any atom is -0.391 e. The molecule has 122 valence electrons. The summed E-state index contributed by atoms with van der Waals surface area (Å²) in [5.74, 6) is -0.340. The lowest BCUT2D eigenvalue weighted by molar-refractivity contribution is -0.138. The second kappa shape index (κ2) is 6.12. The topological polar surface area (TPSA) is 62.5 Å². The molecule has 2 rings (SSSR count). The van der Waals surface area contributed by atoms with E-state index >= 15 is 0 Å². The summed E-state index contributed by atoms with van der Waals surface area (Å²) in [6.07, 6.45) is -2.75. The molecule has 1 aliphatic rings. The lowest BCUT2D eigenvalue weighted by atomic mass is 10.2. The molecule has 1 atom stereocenters. The Balaban J connectivity index is 2.05. The number of pyridine rings is 1. The van der Waals surface area contributed by atoms with E-state index in [1.807, 2.05) is 0 Å². The maximum Gasteiger partial charge on any atom is 0.417 e. The molecule has 1 aliphatic carbocycles. The van der Waals surface area contributed by atoms with Crippen molar-refractivity contribution in [3.63, 3.8) is 0 Å². The second-order valence-corrected chi connectivity index (χ2v) is 5.56. The van der Waals surface area contributed by atoms with Crippen LogP contribution in [0.3, 0.4) is 0 Å². The molecule has 22 heavy (non-hydrogen) atoms. The van der Waals surface area contributed by atoms with Gasteiger partial charge in [0, 0.05) is 25.9 Å². The highest BCUT2D eigenvalue weighted by Crippen LogP contribution is 2.32. The lowest BCUT2D eigenvalue weighted by Crippen LogP contribution is -2.38. The number of alkyl halides is 3. The van der Waals surface area contributed by atoms with Crippen LogP contribution in [0.25, 0.3) is 0 Å². The fourth-order valence-electron chi connectivity index (χ4n) is 2.10. The Bertz CT molecular complexity index is 608. The van der Waals surface area contributed by atoms with Crippen LogP contribution in [0, 0.1) is 5.92 Å². The first-order valence-corrected chi connectivity index (χ1v) is 6.88. The number of likely N-dealkylation sites (N-methyl/N-ethyl adjacent to an activating group) is 1. The standard InChI is InChI=1S/C14H17F3N2O3/c1-18(7-11(20)9-2-3-9)13(22)8-19-6-10(14(15,16)17)4-5-12(19)21/h4-6,9,11,20H,2-3,7-8H2,1H3. The zero-order valence-electron chi connectivity index (χ0n) is 12.0. The van der Waals surface area contributed by atoms with E-state index in [1.165, 1.54) is 11.9 Å². The van der Waals surface area contributed by atoms with Gasteiger partial charge in [-0.15, -0.1) is 0 Å². The molecule has 8 heteroatoms. The van der Waals surface area contributed by atoms with Crippen molar-refractivity contribution in [3.05, 3.63) is 34.2 Å². The number of aliphatic hydroxyl groups excluding tert-OH is 1. The van der Waals surface area contributed by atoms with Crippen molar-refractivity contribution >= 4 is 5.91 Å². The Hall–Kier alpha value is -1.83. The average molecular weight is 318 g/mol. The van der Waals surface area contributed by atoms with Crippen molar-refractivity contribution in [3.8, 4) is 0 Å². The molecule has 1 fully saturated rings. The average Bonchev–Trinajstić information content (AvgIpc) is 3.24. The molecule has 0 aliphatic heterocycles. The van der Waals surface area contributed by atoms with Gasteiger partial charge in [-0.1, -0.05) is 0 Å². The van der Waals surface area contributed by atoms with Crippen LogP contribution in [0.5, 0.6) is 0 Å². The molecule has 0 spiro atoms. The van der Waals surface area contributed by atoms with Gasteiger partial charge >= 0.3 is 6.18 Å². The second-order valence-electron chi connectivity index (χ2n) is 5.56. The number of halogens is 3. The molecule has 5 nitrogen and oxygen atoms in total. The van der Waals surface area contributed by atoms with Gasteiger partial charge in [0.25, 0.3) is 5.56 Å². The van der Waals surface area contributed by atoms with E-state index in [-0.39, 0.29) is 12.5 Å². The van der Waals surface area contributed by atoms with Crippen molar-refractivity contribution < 1.29 is 23.1 Å². The van der Waals surface area contributed by atoms with Gasteiger partial charge in [0.05, 0.1) is 11.7 Å². The molecule has 1 N–H and O–H groups in total. The number of hydrogen-bond acceptors (Lipinski definition) is 3. The van der Waals surface area contributed by atoms with Crippen molar-refractivity contribution in [2.75, 3.05) is 13.6 Å². The molecule has 1 aromatic heterocycles. The highest BCUT2D eigenvalue weighted by atomic mass is 19.4. The zero-order valence-corrected chi connectivity index (χ0v) is 12.0. The van der Waals surface area contributed by atoms with E-state index < -0.39 is 35.9 Å². The van der Waals surface area contributed by atoms with Gasteiger partial charge < -0.3 is 14.6 Å². The number of hydrogen-bond donors (Lipinski definition) is 1. The molecular weight excluding hydrogens is 301 g/mol. The molecular formula is C14H17F3N2O3. The van der Waals surface area contributed by atoms with Gasteiger partial charge in [-0.05, 0) is 24.8 Å². The van der Waals surface area contributed by atoms with Crippen LogP contribution in [0.15, 0.2) is 23.1 Å². The van der Waals surface area contributed by atoms with Gasteiger partial charge in [0.1, 0.15) is 6.54 Å². The number of amides is 1. The van der Waals surface area contributed by atoms with Crippen LogP contribution in [0.1, 0.15) is 18.4 Å². The van der Waals surface area contributed by atoms with Crippen LogP contribution < -0.4 is 5.56 Å². The third kappa shape index (κ3) is 4.09. The SMILES string of the molecule is CN(CC(O)C1CC1)C(=O)Cn1cc(C(F)(F)F)ccc1=O. The molecule has 0 aromatic carbocycles. The van der Waals surface area contributed by atoms with E-state index in [0.29, 0.717) is 12.3 Å². The fourth-order valence-corrected chi connectivity index (χ4v) is 2.10. The number of carbonyl (C=O) groups is 1. The molecule has 0 bridgehead atoms. The Morgan fingerprint density at radius 1 is 1.45 bits per heavy atom. The summed E-state index contributed by atoms with van der Waals surface area (Å²) in [6, 6.07) is 1.47. The quantitative estimate of drug-likeness (QED) is 0.884. The van der Waals surface area contributed by atoms with Gasteiger partial charge in [-0.2, -0.15) is 13.2 Å². The number of aromatic nitrogens is 1. The number of nitrogens with zero attached hydrogens (tertiary/aromatic N) is 2. The molecule has 1 unspecified atom stereocenters. The lowest BCUT2D eigenvalue weighted by Gasteiger charge is -2.21. The summed E-state index contributed by atoms with van der Waals surface area (Å²) in [5, 5.41) is 9.77. The predicted molar refractivity (Wildman–Crippen MR) is 72.1 cm³/mol. The molecule has 0 saturated heterocycles. The van der Waals surface area contributed by atoms with Gasteiger partial charge in [-0.3, -0.25) is 9.59 Å². The molecule has 1 aromatic rings. The van der Waals surface area contributed by atoms with Gasteiger partial charge in [-0.25, -0.2) is 0 Å². The largest absolute Gasteiger partial charge is 0.417 e. The van der Waals surface area contributed by atoms with Crippen molar-refractivity contribution in [2.45, 2.75) is 31.7 Å². The molecule has 1 heterocycles. The maximum absolute atomic E-state index is 12.6. The summed E-state index contributed by atoms with van der Waals surface area (Å²) in [4.78, 5) is 24.8. The first-order valence-electron chi connectivity index (χ1n) is 6.88. The third-order valence-electron chi connectivity index (χ3n) is 3.67. The number of aliphatic hydroxyl groups is 1. The summed E-state index contributed by atoms with van der Waals surface area (Å²) < 4.78 is 38.6. The Morgan fingerprint density at radius 2 is 2.09 bits per heavy atom. The first kappa shape index (κ1) is 16.5. The Kier molecular flexibility index (Phi) is 4.60. The summed E-state index contributed by atoms with van der Waals surface area (Å²) in [5.41, 5.74) is -1.67. The monoisotopic (exact) mass is 318 g/mol. The smallest absolute Gasteiger partial charge is 0.391 e. The summed E-state index contributed by atoms with van der Waals surface area (Å²) in [6.45, 7) is -0.381. The van der Waals surface area contributed by atoms with Gasteiger partial charge in [0.2, 0.25) is 5.91 Å². The Morgan fingerprint density at radius 3 is 2.64 bits per heavy atom. The van der Waals surface area contributed by atoms with Crippen LogP contribution in [-0.4, -0.2) is 40.2 Å². The van der Waals surface area contributed by atoms with Crippen LogP contribution in [-0.2, 0) is 17.5 Å². The zero-order chi connectivity index (χ0) is 16.5. The summed E-state index contributed by atoms with van der Waals surface area (Å²) >= 11 is 0. The van der Waals surface area contributed by atoms with Crippen LogP contribution in [0.4, 0.5) is 13.2 Å². The Labute approximate surface area is 125 Å². The number of rotatable bonds is 5.